The van der Waals surface area contributed by atoms with E-state index in [2.05, 4.69) is 15.0 Å². The fourth-order valence-corrected chi connectivity index (χ4v) is 3.04. The van der Waals surface area contributed by atoms with Crippen molar-refractivity contribution in [3.05, 3.63) is 57.2 Å². The van der Waals surface area contributed by atoms with Crippen molar-refractivity contribution in [3.63, 3.8) is 0 Å². The lowest BCUT2D eigenvalue weighted by atomic mass is 10.2. The Balaban J connectivity index is 1.96. The van der Waals surface area contributed by atoms with Gasteiger partial charge in [0.05, 0.1) is 22.9 Å². The van der Waals surface area contributed by atoms with Crippen LogP contribution in [-0.2, 0) is 4.74 Å². The van der Waals surface area contributed by atoms with E-state index in [9.17, 15) is 19.5 Å². The quantitative estimate of drug-likeness (QED) is 0.632. The van der Waals surface area contributed by atoms with E-state index in [4.69, 9.17) is 0 Å². The largest absolute Gasteiger partial charge is 0.505 e. The van der Waals surface area contributed by atoms with Crippen molar-refractivity contribution >= 4 is 39.1 Å². The van der Waals surface area contributed by atoms with Gasteiger partial charge in [-0.05, 0) is 29.6 Å². The standard InChI is InChI=1S/C16H12N2O5S/c1-23-16(22)8-3-2-4-9(7-8)17-14(20)11-12(19)13-10(5-6-24-13)18-15(11)21/h2-7H,1H3,(H,17,20)(H2,18,19,21). The third-order valence-corrected chi connectivity index (χ3v) is 4.28. The highest BCUT2D eigenvalue weighted by atomic mass is 32.1. The Bertz CT molecular complexity index is 1010. The zero-order valence-electron chi connectivity index (χ0n) is 12.5. The maximum atomic E-state index is 12.4. The van der Waals surface area contributed by atoms with Crippen LogP contribution in [0.3, 0.4) is 0 Å². The van der Waals surface area contributed by atoms with E-state index in [1.165, 1.54) is 30.6 Å². The van der Waals surface area contributed by atoms with Crippen molar-refractivity contribution in [1.82, 2.24) is 4.98 Å². The molecule has 3 aromatic rings. The number of hydrogen-bond acceptors (Lipinski definition) is 6. The third-order valence-electron chi connectivity index (χ3n) is 3.36. The minimum atomic E-state index is -0.772. The number of aromatic nitrogens is 1. The number of carbonyl (C=O) groups excluding carboxylic acids is 2. The van der Waals surface area contributed by atoms with Crippen LogP contribution in [-0.4, -0.2) is 29.1 Å². The van der Waals surface area contributed by atoms with E-state index >= 15 is 0 Å². The SMILES string of the molecule is COC(=O)c1cccc(NC(=O)c2c(O)c3sccc3[nH]c2=O)c1. The van der Waals surface area contributed by atoms with Gasteiger partial charge in [0, 0.05) is 5.69 Å². The number of aromatic amines is 1. The van der Waals surface area contributed by atoms with Crippen LogP contribution in [0.15, 0.2) is 40.5 Å². The van der Waals surface area contributed by atoms with Crippen molar-refractivity contribution in [2.24, 2.45) is 0 Å². The Labute approximate surface area is 139 Å². The van der Waals surface area contributed by atoms with Crippen LogP contribution in [0.25, 0.3) is 10.2 Å². The monoisotopic (exact) mass is 344 g/mol. The van der Waals surface area contributed by atoms with Crippen LogP contribution in [0.5, 0.6) is 5.75 Å². The maximum Gasteiger partial charge on any atom is 0.337 e. The summed E-state index contributed by atoms with van der Waals surface area (Å²) in [7, 11) is 1.25. The zero-order chi connectivity index (χ0) is 17.3. The number of benzene rings is 1. The van der Waals surface area contributed by atoms with Crippen LogP contribution >= 0.6 is 11.3 Å². The molecule has 0 saturated heterocycles. The number of methoxy groups -OCH3 is 1. The number of pyridine rings is 1. The number of thiophene rings is 1. The number of carbonyl (C=O) groups is 2. The van der Waals surface area contributed by atoms with Crippen molar-refractivity contribution in [2.45, 2.75) is 0 Å². The van der Waals surface area contributed by atoms with E-state index in [0.717, 1.165) is 0 Å². The first-order valence-corrected chi connectivity index (χ1v) is 7.71. The number of esters is 1. The van der Waals surface area contributed by atoms with Crippen molar-refractivity contribution in [1.29, 1.82) is 0 Å². The molecule has 0 fully saturated rings. The van der Waals surface area contributed by atoms with E-state index in [0.29, 0.717) is 15.9 Å². The predicted molar refractivity (Wildman–Crippen MR) is 89.8 cm³/mol. The van der Waals surface area contributed by atoms with Crippen molar-refractivity contribution < 1.29 is 19.4 Å². The summed E-state index contributed by atoms with van der Waals surface area (Å²) >= 11 is 1.21. The van der Waals surface area contributed by atoms with Crippen LogP contribution in [0.4, 0.5) is 5.69 Å². The molecule has 2 heterocycles. The molecular weight excluding hydrogens is 332 g/mol. The van der Waals surface area contributed by atoms with Gasteiger partial charge in [-0.1, -0.05) is 6.07 Å². The van der Waals surface area contributed by atoms with Gasteiger partial charge in [-0.25, -0.2) is 4.79 Å². The molecule has 122 valence electrons. The Kier molecular flexibility index (Phi) is 4.05. The van der Waals surface area contributed by atoms with Gasteiger partial charge in [-0.3, -0.25) is 9.59 Å². The molecule has 0 aliphatic rings. The number of hydrogen-bond donors (Lipinski definition) is 3. The maximum absolute atomic E-state index is 12.4. The summed E-state index contributed by atoms with van der Waals surface area (Å²) in [5.41, 5.74) is -0.0599. The number of anilines is 1. The van der Waals surface area contributed by atoms with E-state index in [1.54, 1.807) is 23.6 Å². The molecule has 0 aliphatic heterocycles. The summed E-state index contributed by atoms with van der Waals surface area (Å²) in [4.78, 5) is 38.5. The first-order chi connectivity index (χ1) is 11.5. The van der Waals surface area contributed by atoms with Gasteiger partial charge >= 0.3 is 5.97 Å². The lowest BCUT2D eigenvalue weighted by Crippen LogP contribution is -2.23. The second kappa shape index (κ2) is 6.17. The molecule has 0 saturated carbocycles. The molecule has 7 nitrogen and oxygen atoms in total. The van der Waals surface area contributed by atoms with Gasteiger partial charge in [-0.15, -0.1) is 11.3 Å². The molecule has 3 rings (SSSR count). The molecule has 0 atom stereocenters. The van der Waals surface area contributed by atoms with Crippen LogP contribution < -0.4 is 10.9 Å². The first kappa shape index (κ1) is 15.8. The lowest BCUT2D eigenvalue weighted by Gasteiger charge is -2.08. The highest BCUT2D eigenvalue weighted by molar-refractivity contribution is 7.17. The van der Waals surface area contributed by atoms with Gasteiger partial charge < -0.3 is 20.1 Å². The van der Waals surface area contributed by atoms with Crippen LogP contribution in [0.1, 0.15) is 20.7 Å². The molecule has 3 N–H and O–H groups in total. The van der Waals surface area contributed by atoms with Gasteiger partial charge in [0.25, 0.3) is 11.5 Å². The van der Waals surface area contributed by atoms with E-state index in [-0.39, 0.29) is 16.9 Å². The summed E-state index contributed by atoms with van der Waals surface area (Å²) in [6.07, 6.45) is 0. The molecule has 0 unspecified atom stereocenters. The van der Waals surface area contributed by atoms with Gasteiger partial charge in [0.1, 0.15) is 5.56 Å². The van der Waals surface area contributed by atoms with Gasteiger partial charge in [0.2, 0.25) is 0 Å². The highest BCUT2D eigenvalue weighted by Crippen LogP contribution is 2.29. The van der Waals surface area contributed by atoms with Gasteiger partial charge in [0.15, 0.2) is 5.75 Å². The summed E-state index contributed by atoms with van der Waals surface area (Å²) in [5.74, 6) is -1.69. The third kappa shape index (κ3) is 2.74. The molecular formula is C16H12N2O5S. The number of fused-ring (bicyclic) bond motifs is 1. The summed E-state index contributed by atoms with van der Waals surface area (Å²) in [6, 6.07) is 7.71. The van der Waals surface area contributed by atoms with Crippen molar-refractivity contribution in [3.8, 4) is 5.75 Å². The average Bonchev–Trinajstić information content (AvgIpc) is 3.02. The van der Waals surface area contributed by atoms with Gasteiger partial charge in [-0.2, -0.15) is 0 Å². The molecule has 2 aromatic heterocycles. The second-order valence-corrected chi connectivity index (χ2v) is 5.78. The Morgan fingerprint density at radius 2 is 2.08 bits per heavy atom. The zero-order valence-corrected chi connectivity index (χ0v) is 13.3. The second-order valence-electron chi connectivity index (χ2n) is 4.87. The minimum absolute atomic E-state index is 0.252. The smallest absolute Gasteiger partial charge is 0.337 e. The average molecular weight is 344 g/mol. The van der Waals surface area contributed by atoms with Crippen LogP contribution in [0, 0.1) is 0 Å². The topological polar surface area (TPSA) is 108 Å². The lowest BCUT2D eigenvalue weighted by molar-refractivity contribution is 0.0600. The molecule has 0 spiro atoms. The number of nitrogens with one attached hydrogen (secondary N) is 2. The minimum Gasteiger partial charge on any atom is -0.505 e. The molecule has 0 radical (unpaired) electrons. The molecule has 24 heavy (non-hydrogen) atoms. The predicted octanol–water partition coefficient (Wildman–Crippen LogP) is 2.33. The number of amides is 1. The molecule has 0 aliphatic carbocycles. The Morgan fingerprint density at radius 1 is 1.29 bits per heavy atom. The number of rotatable bonds is 3. The first-order valence-electron chi connectivity index (χ1n) is 6.83. The fourth-order valence-electron chi connectivity index (χ4n) is 2.24. The molecule has 8 heteroatoms. The highest BCUT2D eigenvalue weighted by Gasteiger charge is 2.20. The Morgan fingerprint density at radius 3 is 2.83 bits per heavy atom. The van der Waals surface area contributed by atoms with E-state index in [1.807, 2.05) is 0 Å². The van der Waals surface area contributed by atoms with Crippen LogP contribution in [0.2, 0.25) is 0 Å². The summed E-state index contributed by atoms with van der Waals surface area (Å²) in [5, 5.41) is 14.4. The molecule has 1 aromatic carbocycles. The Hall–Kier alpha value is -3.13. The summed E-state index contributed by atoms with van der Waals surface area (Å²) in [6.45, 7) is 0. The normalized spacial score (nSPS) is 10.5. The van der Waals surface area contributed by atoms with Crippen molar-refractivity contribution in [2.75, 3.05) is 12.4 Å². The molecule has 1 amide bonds. The fraction of sp³-hybridized carbons (Fsp3) is 0.0625. The van der Waals surface area contributed by atoms with E-state index < -0.39 is 17.4 Å². The number of H-pyrrole nitrogens is 1. The number of ether oxygens (including phenoxy) is 1. The number of aromatic hydroxyl groups is 1. The molecule has 0 bridgehead atoms. The summed E-state index contributed by atoms with van der Waals surface area (Å²) < 4.78 is 5.03.